The van der Waals surface area contributed by atoms with Crippen LogP contribution in [0, 0.1) is 5.92 Å². The highest BCUT2D eigenvalue weighted by atomic mass is 19.3. The number of carbonyl (C=O) groups is 1. The number of rotatable bonds is 6. The molecule has 0 heterocycles. The Morgan fingerprint density at radius 2 is 1.95 bits per heavy atom. The van der Waals surface area contributed by atoms with Gasteiger partial charge in [-0.2, -0.15) is 8.78 Å². The van der Waals surface area contributed by atoms with Crippen LogP contribution in [0.25, 0.3) is 0 Å². The summed E-state index contributed by atoms with van der Waals surface area (Å²) >= 11 is 0. The second-order valence-corrected chi connectivity index (χ2v) is 5.19. The first-order chi connectivity index (χ1) is 9.52. The Hall–Kier alpha value is -1.65. The molecule has 1 aliphatic carbocycles. The summed E-state index contributed by atoms with van der Waals surface area (Å²) in [7, 11) is 1.57. The van der Waals surface area contributed by atoms with Gasteiger partial charge in [-0.25, -0.2) is 0 Å². The highest BCUT2D eigenvalue weighted by Gasteiger charge is 2.36. The molecule has 1 aliphatic rings. The summed E-state index contributed by atoms with van der Waals surface area (Å²) in [5, 5.41) is 0. The fourth-order valence-electron chi connectivity index (χ4n) is 2.31. The van der Waals surface area contributed by atoms with Crippen molar-refractivity contribution >= 4 is 5.91 Å². The van der Waals surface area contributed by atoms with Crippen LogP contribution < -0.4 is 4.74 Å². The van der Waals surface area contributed by atoms with Crippen molar-refractivity contribution in [1.29, 1.82) is 0 Å². The maximum absolute atomic E-state index is 12.7. The van der Waals surface area contributed by atoms with E-state index in [1.54, 1.807) is 31.4 Å². The van der Waals surface area contributed by atoms with Gasteiger partial charge in [-0.1, -0.05) is 12.1 Å². The summed E-state index contributed by atoms with van der Waals surface area (Å²) in [5.41, 5.74) is 0.826. The number of methoxy groups -OCH3 is 1. The number of benzene rings is 1. The molecule has 0 aliphatic heterocycles. The first-order valence-corrected chi connectivity index (χ1v) is 6.74. The number of nitrogens with zero attached hydrogens (tertiary/aromatic N) is 1. The number of hydrogen-bond acceptors (Lipinski definition) is 2. The Kier molecular flexibility index (Phi) is 4.57. The smallest absolute Gasteiger partial charge is 0.315 e. The van der Waals surface area contributed by atoms with Crippen LogP contribution in [-0.4, -0.2) is 30.4 Å². The molecule has 2 rings (SSSR count). The molecule has 0 aromatic heterocycles. The molecule has 0 radical (unpaired) electrons. The van der Waals surface area contributed by atoms with Crippen LogP contribution in [-0.2, 0) is 11.3 Å². The van der Waals surface area contributed by atoms with Crippen molar-refractivity contribution < 1.29 is 18.3 Å². The number of halogens is 2. The Balaban J connectivity index is 2.11. The van der Waals surface area contributed by atoms with Crippen molar-refractivity contribution in [3.8, 4) is 5.75 Å². The Labute approximate surface area is 117 Å². The van der Waals surface area contributed by atoms with Gasteiger partial charge in [0, 0.05) is 12.6 Å². The molecule has 1 atom stereocenters. The molecule has 1 saturated carbocycles. The lowest BCUT2D eigenvalue weighted by Gasteiger charge is -2.29. The summed E-state index contributed by atoms with van der Waals surface area (Å²) in [6.07, 6.45) is -0.928. The molecule has 1 aromatic rings. The maximum atomic E-state index is 12.7. The molecule has 0 unspecified atom stereocenters. The highest BCUT2D eigenvalue weighted by Crippen LogP contribution is 2.36. The van der Waals surface area contributed by atoms with E-state index in [-0.39, 0.29) is 12.6 Å². The van der Waals surface area contributed by atoms with E-state index in [4.69, 9.17) is 4.74 Å². The van der Waals surface area contributed by atoms with Gasteiger partial charge in [0.1, 0.15) is 5.75 Å². The van der Waals surface area contributed by atoms with Gasteiger partial charge in [-0.3, -0.25) is 4.79 Å². The van der Waals surface area contributed by atoms with Crippen LogP contribution in [0.15, 0.2) is 24.3 Å². The molecule has 1 amide bonds. The fraction of sp³-hybridized carbons (Fsp3) is 0.533. The van der Waals surface area contributed by atoms with Gasteiger partial charge >= 0.3 is 6.43 Å². The van der Waals surface area contributed by atoms with Gasteiger partial charge in [0.25, 0.3) is 5.91 Å². The van der Waals surface area contributed by atoms with E-state index in [1.807, 2.05) is 6.92 Å². The standard InChI is InChI=1S/C15H19F2NO2/c1-10(12-5-6-12)18(15(19)14(16)17)9-11-3-7-13(20-2)8-4-11/h3-4,7-8,10,12,14H,5-6,9H2,1-2H3/t10-/m0/s1. The monoisotopic (exact) mass is 283 g/mol. The first kappa shape index (κ1) is 14.8. The van der Waals surface area contributed by atoms with Crippen molar-refractivity contribution in [2.45, 2.75) is 38.8 Å². The minimum absolute atomic E-state index is 0.140. The highest BCUT2D eigenvalue weighted by molar-refractivity contribution is 5.79. The number of amides is 1. The lowest BCUT2D eigenvalue weighted by molar-refractivity contribution is -0.146. The van der Waals surface area contributed by atoms with Gasteiger partial charge in [0.05, 0.1) is 7.11 Å². The largest absolute Gasteiger partial charge is 0.497 e. The van der Waals surface area contributed by atoms with Gasteiger partial charge in [-0.15, -0.1) is 0 Å². The van der Waals surface area contributed by atoms with Crippen LogP contribution in [0.2, 0.25) is 0 Å². The summed E-state index contributed by atoms with van der Waals surface area (Å²) in [5.74, 6) is -0.0214. The summed E-state index contributed by atoms with van der Waals surface area (Å²) in [6.45, 7) is 2.06. The molecule has 1 aromatic carbocycles. The van der Waals surface area contributed by atoms with Crippen molar-refractivity contribution in [2.75, 3.05) is 7.11 Å². The second kappa shape index (κ2) is 6.20. The van der Waals surface area contributed by atoms with Gasteiger partial charge in [-0.05, 0) is 43.4 Å². The minimum atomic E-state index is -2.95. The van der Waals surface area contributed by atoms with E-state index >= 15 is 0 Å². The van der Waals surface area contributed by atoms with Crippen molar-refractivity contribution in [3.63, 3.8) is 0 Å². The molecule has 3 nitrogen and oxygen atoms in total. The zero-order valence-corrected chi connectivity index (χ0v) is 11.7. The average molecular weight is 283 g/mol. The Morgan fingerprint density at radius 3 is 2.40 bits per heavy atom. The fourth-order valence-corrected chi connectivity index (χ4v) is 2.31. The van der Waals surface area contributed by atoms with E-state index in [9.17, 15) is 13.6 Å². The lowest BCUT2D eigenvalue weighted by atomic mass is 10.1. The van der Waals surface area contributed by atoms with Crippen molar-refractivity contribution in [1.82, 2.24) is 4.90 Å². The predicted molar refractivity (Wildman–Crippen MR) is 71.7 cm³/mol. The van der Waals surface area contributed by atoms with E-state index in [0.717, 1.165) is 18.4 Å². The third-order valence-electron chi connectivity index (χ3n) is 3.78. The predicted octanol–water partition coefficient (Wildman–Crippen LogP) is 3.09. The zero-order chi connectivity index (χ0) is 14.7. The zero-order valence-electron chi connectivity index (χ0n) is 11.7. The molecule has 1 fully saturated rings. The van der Waals surface area contributed by atoms with Crippen LogP contribution in [0.5, 0.6) is 5.75 Å². The summed E-state index contributed by atoms with van der Waals surface area (Å²) in [4.78, 5) is 13.0. The molecular weight excluding hydrogens is 264 g/mol. The summed E-state index contributed by atoms with van der Waals surface area (Å²) < 4.78 is 30.5. The first-order valence-electron chi connectivity index (χ1n) is 6.74. The van der Waals surface area contributed by atoms with E-state index in [1.165, 1.54) is 4.90 Å². The average Bonchev–Trinajstić information content (AvgIpc) is 3.28. The van der Waals surface area contributed by atoms with Crippen LogP contribution >= 0.6 is 0 Å². The van der Waals surface area contributed by atoms with Crippen LogP contribution in [0.3, 0.4) is 0 Å². The third-order valence-corrected chi connectivity index (χ3v) is 3.78. The van der Waals surface area contributed by atoms with Gasteiger partial charge in [0.2, 0.25) is 0 Å². The quantitative estimate of drug-likeness (QED) is 0.803. The molecule has 0 bridgehead atoms. The topological polar surface area (TPSA) is 29.5 Å². The molecule has 0 N–H and O–H groups in total. The van der Waals surface area contributed by atoms with Crippen molar-refractivity contribution in [2.24, 2.45) is 5.92 Å². The van der Waals surface area contributed by atoms with Gasteiger partial charge < -0.3 is 9.64 Å². The van der Waals surface area contributed by atoms with E-state index < -0.39 is 12.3 Å². The van der Waals surface area contributed by atoms with Crippen LogP contribution in [0.4, 0.5) is 8.78 Å². The SMILES string of the molecule is COc1ccc(CN(C(=O)C(F)F)[C@@H](C)C2CC2)cc1. The molecule has 110 valence electrons. The van der Waals surface area contributed by atoms with Gasteiger partial charge in [0.15, 0.2) is 0 Å². The van der Waals surface area contributed by atoms with Crippen LogP contribution in [0.1, 0.15) is 25.3 Å². The molecular formula is C15H19F2NO2. The Bertz CT molecular complexity index is 457. The number of ether oxygens (including phenoxy) is 1. The summed E-state index contributed by atoms with van der Waals surface area (Å²) in [6, 6.07) is 6.98. The Morgan fingerprint density at radius 1 is 1.35 bits per heavy atom. The third kappa shape index (κ3) is 3.46. The van der Waals surface area contributed by atoms with E-state index in [2.05, 4.69) is 0 Å². The van der Waals surface area contributed by atoms with E-state index in [0.29, 0.717) is 11.7 Å². The molecule has 0 spiro atoms. The second-order valence-electron chi connectivity index (χ2n) is 5.19. The number of hydrogen-bond donors (Lipinski definition) is 0. The lowest BCUT2D eigenvalue weighted by Crippen LogP contribution is -2.42. The minimum Gasteiger partial charge on any atom is -0.497 e. The number of alkyl halides is 2. The molecule has 20 heavy (non-hydrogen) atoms. The molecule has 5 heteroatoms. The molecule has 0 saturated heterocycles. The number of carbonyl (C=O) groups excluding carboxylic acids is 1. The van der Waals surface area contributed by atoms with Crippen molar-refractivity contribution in [3.05, 3.63) is 29.8 Å². The normalized spacial score (nSPS) is 16.1. The maximum Gasteiger partial charge on any atom is 0.315 e.